The summed E-state index contributed by atoms with van der Waals surface area (Å²) in [4.78, 5) is 11.9. The van der Waals surface area contributed by atoms with Crippen LogP contribution < -0.4 is 0 Å². The van der Waals surface area contributed by atoms with Gasteiger partial charge in [-0.05, 0) is 0 Å². The van der Waals surface area contributed by atoms with E-state index < -0.39 is 43.2 Å². The summed E-state index contributed by atoms with van der Waals surface area (Å²) < 4.78 is 51.9. The van der Waals surface area contributed by atoms with Crippen molar-refractivity contribution in [1.82, 2.24) is 14.8 Å². The molecule has 0 fully saturated rings. The molecule has 0 bridgehead atoms. The summed E-state index contributed by atoms with van der Waals surface area (Å²) in [5.74, 6) is -1.12. The maximum atomic E-state index is 12.9. The molecule has 1 aromatic heterocycles. The summed E-state index contributed by atoms with van der Waals surface area (Å²) >= 11 is 5.57. The topological polar surface area (TPSA) is 70.7 Å². The molecule has 0 spiro atoms. The zero-order valence-corrected chi connectivity index (χ0v) is 11.0. The number of carbonyl (C=O) groups excluding carboxylic acids is 1. The van der Waals surface area contributed by atoms with Crippen molar-refractivity contribution in [2.24, 2.45) is 5.10 Å². The minimum Gasteiger partial charge on any atom is -0.364 e. The third kappa shape index (κ3) is 3.00. The van der Waals surface area contributed by atoms with Crippen LogP contribution in [0.2, 0.25) is 5.02 Å². The van der Waals surface area contributed by atoms with Crippen molar-refractivity contribution in [1.29, 1.82) is 0 Å². The second-order valence-electron chi connectivity index (χ2n) is 4.31. The molecule has 1 amide bonds. The average molecular weight is 329 g/mol. The number of hydrogen-bond donors (Lipinski definition) is 1. The fourth-order valence-electron chi connectivity index (χ4n) is 1.78. The largest absolute Gasteiger partial charge is 0.364 e. The quantitative estimate of drug-likeness (QED) is 0.848. The Balaban J connectivity index is 2.23. The van der Waals surface area contributed by atoms with Gasteiger partial charge in [-0.15, -0.1) is 0 Å². The second kappa shape index (κ2) is 5.60. The van der Waals surface area contributed by atoms with Crippen molar-refractivity contribution in [3.8, 4) is 0 Å². The number of carbonyl (C=O) groups is 1. The van der Waals surface area contributed by atoms with Crippen molar-refractivity contribution in [3.63, 3.8) is 0 Å². The van der Waals surface area contributed by atoms with E-state index in [2.05, 4.69) is 10.2 Å². The smallest absolute Gasteiger partial charge is 0.287 e. The Hall–Kier alpha value is -1.68. The van der Waals surface area contributed by atoms with Crippen LogP contribution in [0.5, 0.6) is 0 Å². The molecule has 1 aromatic rings. The van der Waals surface area contributed by atoms with Crippen LogP contribution in [0.1, 0.15) is 6.42 Å². The third-order valence-electron chi connectivity index (χ3n) is 2.77. The van der Waals surface area contributed by atoms with Crippen molar-refractivity contribution in [2.75, 3.05) is 0 Å². The van der Waals surface area contributed by atoms with Crippen LogP contribution in [0.15, 0.2) is 17.5 Å². The number of hydrazone groups is 1. The molecule has 0 aromatic carbocycles. The number of aliphatic hydroxyl groups is 1. The number of halogens is 5. The summed E-state index contributed by atoms with van der Waals surface area (Å²) in [5.41, 5.74) is -4.07. The molecule has 21 heavy (non-hydrogen) atoms. The van der Waals surface area contributed by atoms with Crippen LogP contribution in [0.3, 0.4) is 0 Å². The summed E-state index contributed by atoms with van der Waals surface area (Å²) in [5, 5.41) is 16.7. The number of amides is 1. The number of rotatable bonds is 4. The van der Waals surface area contributed by atoms with Gasteiger partial charge in [0.2, 0.25) is 5.72 Å². The standard InChI is InChI=1S/C10H9ClF4N4O2/c11-5-2-16-18(3-5)4-7(20)19-10(21,9(14)15)1-6(17-19)8(12)13/h2-3,8-9,21H,1,4H2/t10-/m0/s1. The lowest BCUT2D eigenvalue weighted by Gasteiger charge is -2.29. The molecule has 0 saturated heterocycles. The van der Waals surface area contributed by atoms with Crippen LogP contribution in [0.25, 0.3) is 0 Å². The van der Waals surface area contributed by atoms with Crippen LogP contribution in [-0.2, 0) is 11.3 Å². The van der Waals surface area contributed by atoms with Gasteiger partial charge in [0.1, 0.15) is 12.3 Å². The molecule has 1 aliphatic heterocycles. The Morgan fingerprint density at radius 3 is 2.62 bits per heavy atom. The Morgan fingerprint density at radius 2 is 2.14 bits per heavy atom. The predicted octanol–water partition coefficient (Wildman–Crippen LogP) is 1.34. The fraction of sp³-hybridized carbons (Fsp3) is 0.500. The van der Waals surface area contributed by atoms with Gasteiger partial charge in [-0.1, -0.05) is 11.6 Å². The fourth-order valence-corrected chi connectivity index (χ4v) is 1.94. The normalized spacial score (nSPS) is 22.3. The van der Waals surface area contributed by atoms with E-state index in [0.29, 0.717) is 0 Å². The molecular formula is C10H9ClF4N4O2. The van der Waals surface area contributed by atoms with Crippen LogP contribution in [-0.4, -0.2) is 50.1 Å². The molecule has 116 valence electrons. The molecule has 0 radical (unpaired) electrons. The van der Waals surface area contributed by atoms with Crippen LogP contribution in [0, 0.1) is 0 Å². The van der Waals surface area contributed by atoms with Gasteiger partial charge in [-0.3, -0.25) is 9.48 Å². The predicted molar refractivity (Wildman–Crippen MR) is 63.1 cm³/mol. The Labute approximate surface area is 120 Å². The van der Waals surface area contributed by atoms with Crippen LogP contribution >= 0.6 is 11.6 Å². The molecule has 1 atom stereocenters. The Kier molecular flexibility index (Phi) is 4.19. The monoisotopic (exact) mass is 328 g/mol. The van der Waals surface area contributed by atoms with Crippen LogP contribution in [0.4, 0.5) is 17.6 Å². The summed E-state index contributed by atoms with van der Waals surface area (Å²) in [6.45, 7) is -0.582. The van der Waals surface area contributed by atoms with E-state index in [-0.39, 0.29) is 10.0 Å². The van der Waals surface area contributed by atoms with E-state index in [1.54, 1.807) is 0 Å². The van der Waals surface area contributed by atoms with Gasteiger partial charge >= 0.3 is 0 Å². The SMILES string of the molecule is O=C(Cn1cc(Cl)cn1)N1N=C(C(F)F)C[C@]1(O)C(F)F. The lowest BCUT2D eigenvalue weighted by atomic mass is 10.1. The molecule has 2 rings (SSSR count). The van der Waals surface area contributed by atoms with Gasteiger partial charge in [-0.25, -0.2) is 17.6 Å². The van der Waals surface area contributed by atoms with E-state index in [1.165, 1.54) is 12.4 Å². The van der Waals surface area contributed by atoms with Crippen molar-refractivity contribution in [3.05, 3.63) is 17.4 Å². The summed E-state index contributed by atoms with van der Waals surface area (Å²) in [6, 6.07) is 0. The number of nitrogens with zero attached hydrogens (tertiary/aromatic N) is 4. The molecule has 1 N–H and O–H groups in total. The lowest BCUT2D eigenvalue weighted by Crippen LogP contribution is -2.52. The van der Waals surface area contributed by atoms with Crippen molar-refractivity contribution >= 4 is 23.2 Å². The molecule has 0 unspecified atom stereocenters. The minimum atomic E-state index is -3.46. The summed E-state index contributed by atoms with van der Waals surface area (Å²) in [6.07, 6.45) is -5.29. The Morgan fingerprint density at radius 1 is 1.48 bits per heavy atom. The zero-order chi connectivity index (χ0) is 15.8. The van der Waals surface area contributed by atoms with Gasteiger partial charge in [0.15, 0.2) is 0 Å². The third-order valence-corrected chi connectivity index (χ3v) is 2.97. The molecule has 2 heterocycles. The number of hydrogen-bond acceptors (Lipinski definition) is 4. The average Bonchev–Trinajstić information content (AvgIpc) is 2.94. The van der Waals surface area contributed by atoms with Gasteiger partial charge in [0.25, 0.3) is 18.8 Å². The maximum absolute atomic E-state index is 12.9. The molecule has 6 nitrogen and oxygen atoms in total. The summed E-state index contributed by atoms with van der Waals surface area (Å²) in [7, 11) is 0. The van der Waals surface area contributed by atoms with Gasteiger partial charge < -0.3 is 5.11 Å². The Bertz CT molecular complexity index is 579. The molecule has 0 aliphatic carbocycles. The second-order valence-corrected chi connectivity index (χ2v) is 4.75. The highest BCUT2D eigenvalue weighted by Gasteiger charge is 2.53. The first-order chi connectivity index (χ1) is 9.74. The van der Waals surface area contributed by atoms with E-state index in [9.17, 15) is 27.5 Å². The highest BCUT2D eigenvalue weighted by molar-refractivity contribution is 6.30. The lowest BCUT2D eigenvalue weighted by molar-refractivity contribution is -0.192. The molecule has 0 saturated carbocycles. The maximum Gasteiger partial charge on any atom is 0.287 e. The van der Waals surface area contributed by atoms with E-state index in [4.69, 9.17) is 11.6 Å². The zero-order valence-electron chi connectivity index (χ0n) is 10.3. The molecule has 11 heteroatoms. The van der Waals surface area contributed by atoms with E-state index >= 15 is 0 Å². The van der Waals surface area contributed by atoms with Gasteiger partial charge in [0.05, 0.1) is 11.2 Å². The highest BCUT2D eigenvalue weighted by atomic mass is 35.5. The van der Waals surface area contributed by atoms with Crippen molar-refractivity contribution < 1.29 is 27.5 Å². The van der Waals surface area contributed by atoms with Gasteiger partial charge in [0, 0.05) is 12.6 Å². The minimum absolute atomic E-state index is 0.0191. The molecule has 1 aliphatic rings. The first-order valence-corrected chi connectivity index (χ1v) is 5.99. The number of aromatic nitrogens is 2. The van der Waals surface area contributed by atoms with E-state index in [0.717, 1.165) is 4.68 Å². The first kappa shape index (κ1) is 15.7. The molecular weight excluding hydrogens is 320 g/mol. The highest BCUT2D eigenvalue weighted by Crippen LogP contribution is 2.33. The number of alkyl halides is 4. The first-order valence-electron chi connectivity index (χ1n) is 5.61. The van der Waals surface area contributed by atoms with E-state index in [1.807, 2.05) is 0 Å². The van der Waals surface area contributed by atoms with Gasteiger partial charge in [-0.2, -0.15) is 15.2 Å². The van der Waals surface area contributed by atoms with Crippen molar-refractivity contribution in [2.45, 2.75) is 31.5 Å².